The van der Waals surface area contributed by atoms with Crippen molar-refractivity contribution in [1.29, 1.82) is 0 Å². The highest BCUT2D eigenvalue weighted by Gasteiger charge is 2.17. The van der Waals surface area contributed by atoms with Crippen LogP contribution in [0.1, 0.15) is 31.4 Å². The fraction of sp³-hybridized carbons (Fsp3) is 0.400. The number of rotatable bonds is 3. The van der Waals surface area contributed by atoms with E-state index >= 15 is 0 Å². The van der Waals surface area contributed by atoms with Crippen LogP contribution < -0.4 is 5.73 Å². The molecule has 0 heterocycles. The smallest absolute Gasteiger partial charge is 0.165 e. The van der Waals surface area contributed by atoms with Gasteiger partial charge in [0.1, 0.15) is 0 Å². The Morgan fingerprint density at radius 2 is 2.21 bits per heavy atom. The molecule has 3 N–H and O–H groups in total. The van der Waals surface area contributed by atoms with Gasteiger partial charge in [0.15, 0.2) is 11.6 Å². The lowest BCUT2D eigenvalue weighted by Crippen LogP contribution is -2.11. The highest BCUT2D eigenvalue weighted by Crippen LogP contribution is 2.34. The van der Waals surface area contributed by atoms with Gasteiger partial charge in [-0.25, -0.2) is 4.39 Å². The normalized spacial score (nSPS) is 12.9. The molecule has 0 bridgehead atoms. The van der Waals surface area contributed by atoms with Crippen molar-refractivity contribution in [3.8, 4) is 5.75 Å². The lowest BCUT2D eigenvalue weighted by molar-refractivity contribution is 0.418. The molecule has 0 spiro atoms. The number of nitrogens with two attached hydrogens (primary N) is 1. The van der Waals surface area contributed by atoms with Gasteiger partial charge < -0.3 is 10.8 Å². The maximum atomic E-state index is 13.0. The number of halogens is 2. The van der Waals surface area contributed by atoms with Crippen LogP contribution in [-0.4, -0.2) is 5.11 Å². The molecular formula is C10H13ClFNO. The first-order chi connectivity index (χ1) is 6.57. The van der Waals surface area contributed by atoms with Crippen LogP contribution in [0.3, 0.4) is 0 Å². The molecule has 0 saturated heterocycles. The standard InChI is InChI=1S/C10H13ClFNO/c1-2-3-8(13)9-6(11)4-5-7(12)10(9)14/h4-5,8,14H,2-3,13H2,1H3/t8-/m0/s1. The number of benzene rings is 1. The molecule has 14 heavy (non-hydrogen) atoms. The summed E-state index contributed by atoms with van der Waals surface area (Å²) in [5, 5.41) is 9.75. The topological polar surface area (TPSA) is 46.2 Å². The molecule has 1 aromatic carbocycles. The van der Waals surface area contributed by atoms with Crippen molar-refractivity contribution in [3.63, 3.8) is 0 Å². The summed E-state index contributed by atoms with van der Waals surface area (Å²) in [5.41, 5.74) is 6.06. The lowest BCUT2D eigenvalue weighted by Gasteiger charge is -2.14. The minimum absolute atomic E-state index is 0.300. The Kier molecular flexibility index (Phi) is 3.72. The average molecular weight is 218 g/mol. The van der Waals surface area contributed by atoms with E-state index in [2.05, 4.69) is 0 Å². The predicted molar refractivity (Wildman–Crippen MR) is 54.9 cm³/mol. The first-order valence-electron chi connectivity index (χ1n) is 4.50. The van der Waals surface area contributed by atoms with Crippen LogP contribution in [0.4, 0.5) is 4.39 Å². The van der Waals surface area contributed by atoms with Gasteiger partial charge in [-0.2, -0.15) is 0 Å². The summed E-state index contributed by atoms with van der Waals surface area (Å²) in [6.07, 6.45) is 1.52. The molecule has 0 aliphatic heterocycles. The largest absolute Gasteiger partial charge is 0.505 e. The number of phenols is 1. The summed E-state index contributed by atoms with van der Waals surface area (Å²) in [7, 11) is 0. The molecule has 0 aromatic heterocycles. The molecule has 1 aromatic rings. The molecular weight excluding hydrogens is 205 g/mol. The third-order valence-electron chi connectivity index (χ3n) is 2.09. The highest BCUT2D eigenvalue weighted by molar-refractivity contribution is 6.31. The Morgan fingerprint density at radius 3 is 2.79 bits per heavy atom. The van der Waals surface area contributed by atoms with Crippen molar-refractivity contribution in [2.75, 3.05) is 0 Å². The summed E-state index contributed by atoms with van der Waals surface area (Å²) in [6, 6.07) is 2.12. The zero-order chi connectivity index (χ0) is 10.7. The summed E-state index contributed by atoms with van der Waals surface area (Å²) < 4.78 is 13.0. The first-order valence-corrected chi connectivity index (χ1v) is 4.88. The molecule has 4 heteroatoms. The third-order valence-corrected chi connectivity index (χ3v) is 2.41. The molecule has 0 saturated carbocycles. The number of hydrogen-bond donors (Lipinski definition) is 2. The summed E-state index contributed by atoms with van der Waals surface area (Å²) in [6.45, 7) is 1.96. The highest BCUT2D eigenvalue weighted by atomic mass is 35.5. The third kappa shape index (κ3) is 2.16. The fourth-order valence-corrected chi connectivity index (χ4v) is 1.66. The van der Waals surface area contributed by atoms with Gasteiger partial charge >= 0.3 is 0 Å². The van der Waals surface area contributed by atoms with E-state index in [1.807, 2.05) is 6.92 Å². The summed E-state index contributed by atoms with van der Waals surface area (Å²) >= 11 is 5.83. The maximum Gasteiger partial charge on any atom is 0.165 e. The number of phenolic OH excluding ortho intramolecular Hbond substituents is 1. The fourth-order valence-electron chi connectivity index (χ4n) is 1.36. The van der Waals surface area contributed by atoms with Gasteiger partial charge in [0.05, 0.1) is 0 Å². The van der Waals surface area contributed by atoms with Crippen LogP contribution in [0.2, 0.25) is 5.02 Å². The van der Waals surface area contributed by atoms with Gasteiger partial charge in [0.25, 0.3) is 0 Å². The van der Waals surface area contributed by atoms with Crippen molar-refractivity contribution in [2.24, 2.45) is 5.73 Å². The van der Waals surface area contributed by atoms with Crippen LogP contribution in [0.15, 0.2) is 12.1 Å². The van der Waals surface area contributed by atoms with Crippen molar-refractivity contribution in [1.82, 2.24) is 0 Å². The van der Waals surface area contributed by atoms with Crippen molar-refractivity contribution in [3.05, 3.63) is 28.5 Å². The number of aromatic hydroxyl groups is 1. The molecule has 0 aliphatic rings. The Labute approximate surface area is 87.5 Å². The Bertz CT molecular complexity index is 330. The van der Waals surface area contributed by atoms with Crippen molar-refractivity contribution in [2.45, 2.75) is 25.8 Å². The summed E-state index contributed by atoms with van der Waals surface area (Å²) in [4.78, 5) is 0. The van der Waals surface area contributed by atoms with Crippen molar-refractivity contribution >= 4 is 11.6 Å². The second-order valence-electron chi connectivity index (χ2n) is 3.19. The second kappa shape index (κ2) is 4.62. The zero-order valence-electron chi connectivity index (χ0n) is 7.93. The van der Waals surface area contributed by atoms with E-state index < -0.39 is 17.6 Å². The van der Waals surface area contributed by atoms with Crippen LogP contribution >= 0.6 is 11.6 Å². The van der Waals surface area contributed by atoms with E-state index in [9.17, 15) is 9.50 Å². The van der Waals surface area contributed by atoms with E-state index in [1.54, 1.807) is 0 Å². The molecule has 0 aliphatic carbocycles. The molecule has 2 nitrogen and oxygen atoms in total. The molecule has 1 atom stereocenters. The van der Waals surface area contributed by atoms with Crippen LogP contribution in [0.25, 0.3) is 0 Å². The molecule has 0 amide bonds. The van der Waals surface area contributed by atoms with E-state index in [1.165, 1.54) is 6.07 Å². The average Bonchev–Trinajstić information content (AvgIpc) is 2.13. The lowest BCUT2D eigenvalue weighted by atomic mass is 10.0. The van der Waals surface area contributed by atoms with Crippen LogP contribution in [0.5, 0.6) is 5.75 Å². The molecule has 78 valence electrons. The molecule has 0 unspecified atom stereocenters. The Hall–Kier alpha value is -0.800. The molecule has 0 radical (unpaired) electrons. The van der Waals surface area contributed by atoms with E-state index in [0.717, 1.165) is 12.5 Å². The zero-order valence-corrected chi connectivity index (χ0v) is 8.68. The van der Waals surface area contributed by atoms with Gasteiger partial charge in [-0.3, -0.25) is 0 Å². The molecule has 1 rings (SSSR count). The van der Waals surface area contributed by atoms with Gasteiger partial charge in [0, 0.05) is 16.6 Å². The number of hydrogen-bond acceptors (Lipinski definition) is 2. The van der Waals surface area contributed by atoms with E-state index in [4.69, 9.17) is 17.3 Å². The van der Waals surface area contributed by atoms with Gasteiger partial charge in [-0.15, -0.1) is 0 Å². The quantitative estimate of drug-likeness (QED) is 0.818. The minimum Gasteiger partial charge on any atom is -0.505 e. The second-order valence-corrected chi connectivity index (χ2v) is 3.59. The Balaban J connectivity index is 3.11. The van der Waals surface area contributed by atoms with Crippen LogP contribution in [0, 0.1) is 5.82 Å². The van der Waals surface area contributed by atoms with E-state index in [0.29, 0.717) is 17.0 Å². The Morgan fingerprint density at radius 1 is 1.57 bits per heavy atom. The van der Waals surface area contributed by atoms with Gasteiger partial charge in [-0.05, 0) is 18.6 Å². The maximum absolute atomic E-state index is 13.0. The monoisotopic (exact) mass is 217 g/mol. The van der Waals surface area contributed by atoms with E-state index in [-0.39, 0.29) is 0 Å². The van der Waals surface area contributed by atoms with Gasteiger partial charge in [-0.1, -0.05) is 24.9 Å². The van der Waals surface area contributed by atoms with Crippen LogP contribution in [-0.2, 0) is 0 Å². The minimum atomic E-state index is -0.684. The summed E-state index contributed by atoms with van der Waals surface area (Å²) in [5.74, 6) is -1.12. The first kappa shape index (κ1) is 11.3. The predicted octanol–water partition coefficient (Wildman–Crippen LogP) is 2.98. The van der Waals surface area contributed by atoms with Gasteiger partial charge in [0.2, 0.25) is 0 Å². The molecule has 0 fully saturated rings. The SMILES string of the molecule is CCC[C@H](N)c1c(Cl)ccc(F)c1O. The van der Waals surface area contributed by atoms with Crippen molar-refractivity contribution < 1.29 is 9.50 Å².